The number of ether oxygens (including phenoxy) is 3. The Labute approximate surface area is 165 Å². The monoisotopic (exact) mass is 397 g/mol. The van der Waals surface area contributed by atoms with Crippen molar-refractivity contribution in [2.45, 2.75) is 58.6 Å². The van der Waals surface area contributed by atoms with E-state index in [2.05, 4.69) is 12.2 Å². The van der Waals surface area contributed by atoms with Gasteiger partial charge in [0.1, 0.15) is 0 Å². The zero-order chi connectivity index (χ0) is 20.0. The van der Waals surface area contributed by atoms with E-state index in [1.165, 1.54) is 19.2 Å². The molecule has 0 heterocycles. The van der Waals surface area contributed by atoms with Gasteiger partial charge in [0.25, 0.3) is 5.91 Å². The van der Waals surface area contributed by atoms with Crippen molar-refractivity contribution in [3.05, 3.63) is 22.7 Å². The molecule has 6 nitrogen and oxygen atoms in total. The van der Waals surface area contributed by atoms with Crippen LogP contribution in [-0.4, -0.2) is 37.7 Å². The second-order valence-corrected chi connectivity index (χ2v) is 7.66. The Hall–Kier alpha value is -1.95. The molecule has 0 saturated heterocycles. The van der Waals surface area contributed by atoms with Crippen molar-refractivity contribution in [3.8, 4) is 11.5 Å². The van der Waals surface area contributed by atoms with Gasteiger partial charge < -0.3 is 19.5 Å². The number of carbonyl (C=O) groups is 2. The molecule has 1 saturated carbocycles. The van der Waals surface area contributed by atoms with Crippen LogP contribution in [0.5, 0.6) is 11.5 Å². The maximum atomic E-state index is 12.3. The van der Waals surface area contributed by atoms with E-state index in [-0.39, 0.29) is 35.2 Å². The average Bonchev–Trinajstić information content (AvgIpc) is 2.62. The summed E-state index contributed by atoms with van der Waals surface area (Å²) in [5.41, 5.74) is 0.201. The number of benzene rings is 1. The van der Waals surface area contributed by atoms with Crippen molar-refractivity contribution in [3.63, 3.8) is 0 Å². The highest BCUT2D eigenvalue weighted by Gasteiger charge is 2.21. The molecule has 0 radical (unpaired) electrons. The Balaban J connectivity index is 1.93. The average molecular weight is 398 g/mol. The number of hydrogen-bond acceptors (Lipinski definition) is 5. The minimum atomic E-state index is -0.640. The first-order valence-corrected chi connectivity index (χ1v) is 9.68. The Kier molecular flexibility index (Phi) is 7.78. The largest absolute Gasteiger partial charge is 0.493 e. The molecule has 0 spiro atoms. The lowest BCUT2D eigenvalue weighted by atomic mass is 9.87. The van der Waals surface area contributed by atoms with Crippen molar-refractivity contribution < 1.29 is 23.8 Å². The minimum Gasteiger partial charge on any atom is -0.493 e. The molecule has 0 bridgehead atoms. The van der Waals surface area contributed by atoms with Gasteiger partial charge in [0.05, 0.1) is 23.8 Å². The molecule has 0 atom stereocenters. The summed E-state index contributed by atoms with van der Waals surface area (Å²) in [5.74, 6) is 0.483. The van der Waals surface area contributed by atoms with Crippen molar-refractivity contribution in [2.24, 2.45) is 5.92 Å². The fourth-order valence-corrected chi connectivity index (χ4v) is 3.33. The van der Waals surface area contributed by atoms with Crippen LogP contribution in [0.4, 0.5) is 0 Å². The number of hydrogen-bond donors (Lipinski definition) is 1. The number of methoxy groups -OCH3 is 1. The standard InChI is InChI=1S/C20H28ClNO5/c1-12(2)27-19-16(21)9-14(10-17(19)25-4)20(24)26-11-18(23)22-15-7-5-13(3)6-8-15/h9-10,12-13,15H,5-8,11H2,1-4H3,(H,22,23). The fraction of sp³-hybridized carbons (Fsp3) is 0.600. The maximum absolute atomic E-state index is 12.3. The molecular formula is C20H28ClNO5. The molecule has 1 aromatic carbocycles. The van der Waals surface area contributed by atoms with E-state index in [4.69, 9.17) is 25.8 Å². The first-order valence-electron chi connectivity index (χ1n) is 9.30. The summed E-state index contributed by atoms with van der Waals surface area (Å²) in [6, 6.07) is 3.10. The van der Waals surface area contributed by atoms with Gasteiger partial charge in [0.15, 0.2) is 18.1 Å². The van der Waals surface area contributed by atoms with Gasteiger partial charge in [-0.3, -0.25) is 4.79 Å². The molecule has 2 rings (SSSR count). The zero-order valence-corrected chi connectivity index (χ0v) is 17.1. The van der Waals surface area contributed by atoms with Gasteiger partial charge in [-0.25, -0.2) is 4.79 Å². The number of halogens is 1. The Bertz CT molecular complexity index is 669. The third kappa shape index (κ3) is 6.31. The summed E-state index contributed by atoms with van der Waals surface area (Å²) < 4.78 is 16.0. The Morgan fingerprint density at radius 3 is 2.48 bits per heavy atom. The summed E-state index contributed by atoms with van der Waals surface area (Å²) in [7, 11) is 1.46. The lowest BCUT2D eigenvalue weighted by molar-refractivity contribution is -0.125. The van der Waals surface area contributed by atoms with Crippen molar-refractivity contribution in [2.75, 3.05) is 13.7 Å². The van der Waals surface area contributed by atoms with Gasteiger partial charge >= 0.3 is 5.97 Å². The smallest absolute Gasteiger partial charge is 0.338 e. The SMILES string of the molecule is COc1cc(C(=O)OCC(=O)NC2CCC(C)CC2)cc(Cl)c1OC(C)C. The molecule has 0 aromatic heterocycles. The van der Waals surface area contributed by atoms with E-state index >= 15 is 0 Å². The molecule has 1 N–H and O–H groups in total. The predicted octanol–water partition coefficient (Wildman–Crippen LogP) is 3.99. The molecule has 1 aliphatic rings. The molecule has 1 fully saturated rings. The number of esters is 1. The highest BCUT2D eigenvalue weighted by molar-refractivity contribution is 6.32. The first kappa shape index (κ1) is 21.4. The molecule has 0 aliphatic heterocycles. The number of amides is 1. The van der Waals surface area contributed by atoms with Crippen LogP contribution in [0.3, 0.4) is 0 Å². The zero-order valence-electron chi connectivity index (χ0n) is 16.3. The molecule has 1 aromatic rings. The molecular weight excluding hydrogens is 370 g/mol. The highest BCUT2D eigenvalue weighted by atomic mass is 35.5. The van der Waals surface area contributed by atoms with Crippen LogP contribution >= 0.6 is 11.6 Å². The lowest BCUT2D eigenvalue weighted by Gasteiger charge is -2.26. The molecule has 27 heavy (non-hydrogen) atoms. The first-order chi connectivity index (χ1) is 12.8. The fourth-order valence-electron chi connectivity index (χ4n) is 3.08. The summed E-state index contributed by atoms with van der Waals surface area (Å²) >= 11 is 6.21. The number of carbonyl (C=O) groups excluding carboxylic acids is 2. The Morgan fingerprint density at radius 1 is 1.22 bits per heavy atom. The second kappa shape index (κ2) is 9.83. The van der Waals surface area contributed by atoms with Crippen LogP contribution in [0.2, 0.25) is 5.02 Å². The van der Waals surface area contributed by atoms with Crippen LogP contribution in [0, 0.1) is 5.92 Å². The van der Waals surface area contributed by atoms with E-state index in [1.807, 2.05) is 13.8 Å². The van der Waals surface area contributed by atoms with Crippen LogP contribution in [0.1, 0.15) is 56.8 Å². The molecule has 150 valence electrons. The van der Waals surface area contributed by atoms with E-state index in [0.29, 0.717) is 17.4 Å². The maximum Gasteiger partial charge on any atom is 0.338 e. The van der Waals surface area contributed by atoms with Gasteiger partial charge in [-0.1, -0.05) is 18.5 Å². The van der Waals surface area contributed by atoms with Crippen LogP contribution in [0.25, 0.3) is 0 Å². The highest BCUT2D eigenvalue weighted by Crippen LogP contribution is 2.37. The summed E-state index contributed by atoms with van der Waals surface area (Å²) in [6.45, 7) is 5.62. The molecule has 7 heteroatoms. The minimum absolute atomic E-state index is 0.0966. The number of rotatable bonds is 7. The summed E-state index contributed by atoms with van der Waals surface area (Å²) in [6.07, 6.45) is 4.04. The number of nitrogens with one attached hydrogen (secondary N) is 1. The van der Waals surface area contributed by atoms with E-state index in [9.17, 15) is 9.59 Å². The van der Waals surface area contributed by atoms with E-state index < -0.39 is 5.97 Å². The van der Waals surface area contributed by atoms with Gasteiger partial charge in [0.2, 0.25) is 0 Å². The summed E-state index contributed by atoms with van der Waals surface area (Å²) in [5, 5.41) is 3.17. The summed E-state index contributed by atoms with van der Waals surface area (Å²) in [4.78, 5) is 24.3. The van der Waals surface area contributed by atoms with Gasteiger partial charge in [0, 0.05) is 6.04 Å². The van der Waals surface area contributed by atoms with Crippen molar-refractivity contribution >= 4 is 23.5 Å². The molecule has 0 unspecified atom stereocenters. The molecule has 1 aliphatic carbocycles. The molecule has 1 amide bonds. The van der Waals surface area contributed by atoms with Gasteiger partial charge in [-0.15, -0.1) is 0 Å². The van der Waals surface area contributed by atoms with E-state index in [1.54, 1.807) is 0 Å². The Morgan fingerprint density at radius 2 is 1.89 bits per heavy atom. The van der Waals surface area contributed by atoms with Crippen LogP contribution in [-0.2, 0) is 9.53 Å². The van der Waals surface area contributed by atoms with Gasteiger partial charge in [-0.05, 0) is 57.6 Å². The third-order valence-electron chi connectivity index (χ3n) is 4.53. The van der Waals surface area contributed by atoms with Crippen molar-refractivity contribution in [1.29, 1.82) is 0 Å². The van der Waals surface area contributed by atoms with Crippen LogP contribution in [0.15, 0.2) is 12.1 Å². The van der Waals surface area contributed by atoms with Gasteiger partial charge in [-0.2, -0.15) is 0 Å². The topological polar surface area (TPSA) is 73.9 Å². The van der Waals surface area contributed by atoms with Crippen molar-refractivity contribution in [1.82, 2.24) is 5.32 Å². The van der Waals surface area contributed by atoms with Crippen LogP contribution < -0.4 is 14.8 Å². The third-order valence-corrected chi connectivity index (χ3v) is 4.81. The quantitative estimate of drug-likeness (QED) is 0.704. The van der Waals surface area contributed by atoms with E-state index in [0.717, 1.165) is 25.7 Å². The predicted molar refractivity (Wildman–Crippen MR) is 104 cm³/mol. The second-order valence-electron chi connectivity index (χ2n) is 7.26. The normalized spacial score (nSPS) is 19.5. The lowest BCUT2D eigenvalue weighted by Crippen LogP contribution is -2.39.